The molecule has 0 aliphatic carbocycles. The molecule has 0 bridgehead atoms. The van der Waals surface area contributed by atoms with Crippen molar-refractivity contribution in [1.82, 2.24) is 0 Å². The summed E-state index contributed by atoms with van der Waals surface area (Å²) in [7, 11) is 0. The Kier molecular flexibility index (Phi) is 7.75. The minimum absolute atomic E-state index is 0. The number of halogens is 1. The van der Waals surface area contributed by atoms with Crippen LogP contribution in [0.4, 0.5) is 5.69 Å². The summed E-state index contributed by atoms with van der Waals surface area (Å²) in [6.07, 6.45) is 0.275. The molecule has 0 radical (unpaired) electrons. The molecule has 3 N–H and O–H groups in total. The lowest BCUT2D eigenvalue weighted by molar-refractivity contribution is -0.116. The SMILES string of the molecule is Cc1cc(OC(C)c2ccccc2)ccc1NC(=O)CC(C)N.Cl. The first-order valence-corrected chi connectivity index (χ1v) is 7.83. The van der Waals surface area contributed by atoms with Crippen molar-refractivity contribution in [3.8, 4) is 5.75 Å². The summed E-state index contributed by atoms with van der Waals surface area (Å²) in [6, 6.07) is 15.6. The highest BCUT2D eigenvalue weighted by Gasteiger charge is 2.10. The lowest BCUT2D eigenvalue weighted by Crippen LogP contribution is -2.24. The lowest BCUT2D eigenvalue weighted by Gasteiger charge is -2.17. The second-order valence-corrected chi connectivity index (χ2v) is 5.88. The van der Waals surface area contributed by atoms with Crippen molar-refractivity contribution >= 4 is 24.0 Å². The van der Waals surface area contributed by atoms with E-state index in [1.54, 1.807) is 0 Å². The molecule has 2 aromatic carbocycles. The third-order valence-corrected chi connectivity index (χ3v) is 3.56. The summed E-state index contributed by atoms with van der Waals surface area (Å²) < 4.78 is 5.97. The molecule has 5 heteroatoms. The largest absolute Gasteiger partial charge is 0.486 e. The van der Waals surface area contributed by atoms with Gasteiger partial charge in [-0.05, 0) is 50.1 Å². The Bertz CT molecular complexity index is 660. The molecule has 0 heterocycles. The molecule has 0 fully saturated rings. The number of ether oxygens (including phenoxy) is 1. The van der Waals surface area contributed by atoms with Crippen LogP contribution in [0.1, 0.15) is 37.5 Å². The van der Waals surface area contributed by atoms with Gasteiger partial charge in [0.05, 0.1) is 0 Å². The van der Waals surface area contributed by atoms with E-state index in [0.717, 1.165) is 22.6 Å². The first-order valence-electron chi connectivity index (χ1n) is 7.83. The van der Waals surface area contributed by atoms with E-state index in [1.165, 1.54) is 0 Å². The van der Waals surface area contributed by atoms with Gasteiger partial charge in [-0.1, -0.05) is 30.3 Å². The van der Waals surface area contributed by atoms with Gasteiger partial charge in [0, 0.05) is 18.2 Å². The van der Waals surface area contributed by atoms with Crippen molar-refractivity contribution in [1.29, 1.82) is 0 Å². The molecule has 1 amide bonds. The zero-order chi connectivity index (χ0) is 16.8. The molecule has 2 unspecified atom stereocenters. The van der Waals surface area contributed by atoms with Crippen LogP contribution in [0.3, 0.4) is 0 Å². The molecular formula is C19H25ClN2O2. The van der Waals surface area contributed by atoms with E-state index >= 15 is 0 Å². The fourth-order valence-corrected chi connectivity index (χ4v) is 2.34. The third-order valence-electron chi connectivity index (χ3n) is 3.56. The third kappa shape index (κ3) is 5.87. The molecule has 0 aliphatic heterocycles. The fraction of sp³-hybridized carbons (Fsp3) is 0.316. The second-order valence-electron chi connectivity index (χ2n) is 5.88. The van der Waals surface area contributed by atoms with Crippen LogP contribution < -0.4 is 15.8 Å². The molecule has 130 valence electrons. The topological polar surface area (TPSA) is 64.3 Å². The van der Waals surface area contributed by atoms with Gasteiger partial charge >= 0.3 is 0 Å². The van der Waals surface area contributed by atoms with E-state index < -0.39 is 0 Å². The van der Waals surface area contributed by atoms with Gasteiger partial charge < -0.3 is 15.8 Å². The van der Waals surface area contributed by atoms with Crippen molar-refractivity contribution < 1.29 is 9.53 Å². The molecule has 24 heavy (non-hydrogen) atoms. The van der Waals surface area contributed by atoms with Crippen LogP contribution >= 0.6 is 12.4 Å². The molecule has 0 aromatic heterocycles. The number of hydrogen-bond acceptors (Lipinski definition) is 3. The minimum Gasteiger partial charge on any atom is -0.486 e. The number of anilines is 1. The summed E-state index contributed by atoms with van der Waals surface area (Å²) in [4.78, 5) is 11.8. The number of amides is 1. The van der Waals surface area contributed by atoms with Crippen molar-refractivity contribution in [2.75, 3.05) is 5.32 Å². The number of rotatable bonds is 6. The van der Waals surface area contributed by atoms with Gasteiger partial charge in [0.15, 0.2) is 0 Å². The maximum absolute atomic E-state index is 11.8. The highest BCUT2D eigenvalue weighted by molar-refractivity contribution is 5.91. The summed E-state index contributed by atoms with van der Waals surface area (Å²) in [6.45, 7) is 5.78. The van der Waals surface area contributed by atoms with E-state index in [-0.39, 0.29) is 30.5 Å². The summed E-state index contributed by atoms with van der Waals surface area (Å²) in [5.41, 5.74) is 8.51. The van der Waals surface area contributed by atoms with Crippen LogP contribution in [0.25, 0.3) is 0 Å². The molecule has 2 atom stereocenters. The normalized spacial score (nSPS) is 12.7. The van der Waals surface area contributed by atoms with Crippen LogP contribution in [-0.2, 0) is 4.79 Å². The minimum atomic E-state index is -0.148. The van der Waals surface area contributed by atoms with Gasteiger partial charge in [-0.2, -0.15) is 0 Å². The Balaban J connectivity index is 0.00000288. The van der Waals surface area contributed by atoms with E-state index in [0.29, 0.717) is 6.42 Å². The number of aryl methyl sites for hydroxylation is 1. The smallest absolute Gasteiger partial charge is 0.225 e. The van der Waals surface area contributed by atoms with E-state index in [9.17, 15) is 4.79 Å². The van der Waals surface area contributed by atoms with Gasteiger partial charge in [0.2, 0.25) is 5.91 Å². The molecule has 0 spiro atoms. The Morgan fingerprint density at radius 3 is 2.42 bits per heavy atom. The number of benzene rings is 2. The predicted octanol–water partition coefficient (Wildman–Crippen LogP) is 4.23. The monoisotopic (exact) mass is 348 g/mol. The molecule has 0 aliphatic rings. The Morgan fingerprint density at radius 2 is 1.83 bits per heavy atom. The second kappa shape index (κ2) is 9.30. The van der Waals surface area contributed by atoms with Gasteiger partial charge in [-0.15, -0.1) is 12.4 Å². The summed E-state index contributed by atoms with van der Waals surface area (Å²) >= 11 is 0. The van der Waals surface area contributed by atoms with Crippen molar-refractivity contribution in [3.05, 3.63) is 59.7 Å². The molecule has 0 saturated carbocycles. The number of carbonyl (C=O) groups is 1. The van der Waals surface area contributed by atoms with Crippen LogP contribution in [0, 0.1) is 6.92 Å². The average Bonchev–Trinajstić information content (AvgIpc) is 2.50. The highest BCUT2D eigenvalue weighted by atomic mass is 35.5. The van der Waals surface area contributed by atoms with Crippen molar-refractivity contribution in [3.63, 3.8) is 0 Å². The number of carbonyl (C=O) groups excluding carboxylic acids is 1. The molecule has 4 nitrogen and oxygen atoms in total. The number of nitrogens with two attached hydrogens (primary N) is 1. The van der Waals surface area contributed by atoms with E-state index in [2.05, 4.69) is 5.32 Å². The van der Waals surface area contributed by atoms with Crippen LogP contribution in [-0.4, -0.2) is 11.9 Å². The first-order chi connectivity index (χ1) is 11.0. The maximum Gasteiger partial charge on any atom is 0.225 e. The maximum atomic E-state index is 11.8. The zero-order valence-corrected chi connectivity index (χ0v) is 15.1. The quantitative estimate of drug-likeness (QED) is 0.820. The standard InChI is InChI=1S/C19H24N2O2.ClH/c1-13-11-17(23-15(3)16-7-5-4-6-8-16)9-10-18(13)21-19(22)12-14(2)20;/h4-11,14-15H,12,20H2,1-3H3,(H,21,22);1H. The van der Waals surface area contributed by atoms with Crippen LogP contribution in [0.15, 0.2) is 48.5 Å². The average molecular weight is 349 g/mol. The predicted molar refractivity (Wildman–Crippen MR) is 101 cm³/mol. The van der Waals surface area contributed by atoms with Crippen LogP contribution in [0.5, 0.6) is 5.75 Å². The van der Waals surface area contributed by atoms with Gasteiger partial charge in [0.25, 0.3) is 0 Å². The lowest BCUT2D eigenvalue weighted by atomic mass is 10.1. The Labute approximate surface area is 149 Å². The van der Waals surface area contributed by atoms with Crippen LogP contribution in [0.2, 0.25) is 0 Å². The zero-order valence-electron chi connectivity index (χ0n) is 14.3. The molecule has 2 rings (SSSR count). The van der Waals surface area contributed by atoms with E-state index in [1.807, 2.05) is 69.3 Å². The molecular weight excluding hydrogens is 324 g/mol. The first kappa shape index (κ1) is 20.0. The fourth-order valence-electron chi connectivity index (χ4n) is 2.34. The van der Waals surface area contributed by atoms with Gasteiger partial charge in [-0.25, -0.2) is 0 Å². The number of nitrogens with one attached hydrogen (secondary N) is 1. The summed E-state index contributed by atoms with van der Waals surface area (Å²) in [5.74, 6) is 0.707. The van der Waals surface area contributed by atoms with Crippen molar-refractivity contribution in [2.45, 2.75) is 39.3 Å². The molecule has 2 aromatic rings. The van der Waals surface area contributed by atoms with Crippen molar-refractivity contribution in [2.24, 2.45) is 5.73 Å². The molecule has 0 saturated heterocycles. The Hall–Kier alpha value is -2.04. The highest BCUT2D eigenvalue weighted by Crippen LogP contribution is 2.26. The Morgan fingerprint density at radius 1 is 1.17 bits per heavy atom. The van der Waals surface area contributed by atoms with E-state index in [4.69, 9.17) is 10.5 Å². The number of hydrogen-bond donors (Lipinski definition) is 2. The summed E-state index contributed by atoms with van der Waals surface area (Å²) in [5, 5.41) is 2.88. The van der Waals surface area contributed by atoms with Gasteiger partial charge in [-0.3, -0.25) is 4.79 Å². The van der Waals surface area contributed by atoms with Gasteiger partial charge in [0.1, 0.15) is 11.9 Å².